The number of rotatable bonds is 5. The van der Waals surface area contributed by atoms with Crippen LogP contribution >= 0.6 is 0 Å². The minimum absolute atomic E-state index is 0.0466. The molecule has 0 bridgehead atoms. The molecule has 0 spiro atoms. The third-order valence-electron chi connectivity index (χ3n) is 4.37. The van der Waals surface area contributed by atoms with Crippen LogP contribution in [0, 0.1) is 11.6 Å². The number of nitrogens with zero attached hydrogens (tertiary/aromatic N) is 4. The zero-order valence-electron chi connectivity index (χ0n) is 15.5. The third kappa shape index (κ3) is 3.56. The van der Waals surface area contributed by atoms with Crippen LogP contribution in [0.2, 0.25) is 0 Å². The number of carbonyl (C=O) groups is 1. The lowest BCUT2D eigenvalue weighted by Crippen LogP contribution is -2.06. The highest BCUT2D eigenvalue weighted by molar-refractivity contribution is 5.92. The molecule has 0 saturated carbocycles. The number of benzene rings is 2. The van der Waals surface area contributed by atoms with Gasteiger partial charge in [-0.25, -0.2) is 23.5 Å². The van der Waals surface area contributed by atoms with Crippen molar-refractivity contribution in [3.63, 3.8) is 0 Å². The first kappa shape index (κ1) is 18.7. The van der Waals surface area contributed by atoms with E-state index in [0.717, 1.165) is 0 Å². The number of carbonyl (C=O) groups excluding carboxylic acids is 1. The lowest BCUT2D eigenvalue weighted by molar-refractivity contribution is 0.0525. The molecule has 4 aromatic rings. The highest BCUT2D eigenvalue weighted by Gasteiger charge is 2.19. The molecule has 0 unspecified atom stereocenters. The van der Waals surface area contributed by atoms with Crippen molar-refractivity contribution in [3.8, 4) is 11.5 Å². The number of hydrogen-bond donors (Lipinski definition) is 0. The molecule has 0 amide bonds. The molecule has 6 nitrogen and oxygen atoms in total. The molecule has 0 aliphatic rings. The monoisotopic (exact) mass is 394 g/mol. The SMILES string of the molecule is CCOC(=O)c1cnc(-c2nn(Cc3ccccc3F)c3c(F)cccc23)nc1. The molecule has 2 aromatic carbocycles. The van der Waals surface area contributed by atoms with Crippen molar-refractivity contribution in [2.24, 2.45) is 0 Å². The van der Waals surface area contributed by atoms with E-state index < -0.39 is 17.6 Å². The summed E-state index contributed by atoms with van der Waals surface area (Å²) < 4.78 is 35.0. The number of ether oxygens (including phenoxy) is 1. The summed E-state index contributed by atoms with van der Waals surface area (Å²) in [5, 5.41) is 4.93. The summed E-state index contributed by atoms with van der Waals surface area (Å²) in [5.74, 6) is -1.19. The second-order valence-corrected chi connectivity index (χ2v) is 6.25. The lowest BCUT2D eigenvalue weighted by atomic mass is 10.2. The quantitative estimate of drug-likeness (QED) is 0.479. The molecule has 0 fully saturated rings. The lowest BCUT2D eigenvalue weighted by Gasteiger charge is -2.05. The van der Waals surface area contributed by atoms with Crippen LogP contribution in [0.4, 0.5) is 8.78 Å². The van der Waals surface area contributed by atoms with Gasteiger partial charge in [0.2, 0.25) is 0 Å². The topological polar surface area (TPSA) is 69.9 Å². The second kappa shape index (κ2) is 7.75. The van der Waals surface area contributed by atoms with Crippen LogP contribution in [-0.4, -0.2) is 32.3 Å². The zero-order valence-corrected chi connectivity index (χ0v) is 15.5. The summed E-state index contributed by atoms with van der Waals surface area (Å²) in [4.78, 5) is 20.2. The largest absolute Gasteiger partial charge is 0.462 e. The summed E-state index contributed by atoms with van der Waals surface area (Å²) in [5.41, 5.74) is 1.15. The molecule has 8 heteroatoms. The van der Waals surface area contributed by atoms with E-state index in [0.29, 0.717) is 16.6 Å². The average Bonchev–Trinajstić information content (AvgIpc) is 3.10. The first-order valence-electron chi connectivity index (χ1n) is 8.96. The average molecular weight is 394 g/mol. The molecule has 0 aliphatic heterocycles. The van der Waals surface area contributed by atoms with E-state index in [-0.39, 0.29) is 30.1 Å². The van der Waals surface area contributed by atoms with Gasteiger partial charge in [0.1, 0.15) is 22.8 Å². The Labute approximate surface area is 164 Å². The third-order valence-corrected chi connectivity index (χ3v) is 4.37. The molecule has 29 heavy (non-hydrogen) atoms. The summed E-state index contributed by atoms with van der Waals surface area (Å²) in [6.07, 6.45) is 2.67. The van der Waals surface area contributed by atoms with Gasteiger partial charge in [-0.05, 0) is 19.1 Å². The second-order valence-electron chi connectivity index (χ2n) is 6.25. The van der Waals surface area contributed by atoms with Crippen molar-refractivity contribution < 1.29 is 18.3 Å². The highest BCUT2D eigenvalue weighted by atomic mass is 19.1. The number of aromatic nitrogens is 4. The Morgan fingerprint density at radius 2 is 1.76 bits per heavy atom. The van der Waals surface area contributed by atoms with E-state index in [1.165, 1.54) is 29.2 Å². The summed E-state index contributed by atoms with van der Waals surface area (Å²) >= 11 is 0. The summed E-state index contributed by atoms with van der Waals surface area (Å²) in [6, 6.07) is 10.8. The normalized spacial score (nSPS) is 11.0. The first-order chi connectivity index (χ1) is 14.1. The number of fused-ring (bicyclic) bond motifs is 1. The van der Waals surface area contributed by atoms with Crippen molar-refractivity contribution in [2.45, 2.75) is 13.5 Å². The summed E-state index contributed by atoms with van der Waals surface area (Å²) in [6.45, 7) is 1.99. The standard InChI is InChI=1S/C21H16F2N4O2/c1-2-29-21(28)14-10-24-20(25-11-14)18-15-7-5-9-17(23)19(15)27(26-18)12-13-6-3-4-8-16(13)22/h3-11H,2,12H2,1H3. The molecule has 0 aliphatic carbocycles. The van der Waals surface area contributed by atoms with E-state index in [1.54, 1.807) is 37.3 Å². The molecule has 0 radical (unpaired) electrons. The van der Waals surface area contributed by atoms with Crippen molar-refractivity contribution >= 4 is 16.9 Å². The number of hydrogen-bond acceptors (Lipinski definition) is 5. The molecule has 0 saturated heterocycles. The Balaban J connectivity index is 1.79. The smallest absolute Gasteiger partial charge is 0.341 e. The van der Waals surface area contributed by atoms with Gasteiger partial charge in [-0.3, -0.25) is 4.68 Å². The van der Waals surface area contributed by atoms with Crippen molar-refractivity contribution in [3.05, 3.63) is 77.6 Å². The Bertz CT molecular complexity index is 1190. The highest BCUT2D eigenvalue weighted by Crippen LogP contribution is 2.28. The fraction of sp³-hybridized carbons (Fsp3) is 0.143. The van der Waals surface area contributed by atoms with E-state index >= 15 is 0 Å². The Hall–Kier alpha value is -3.68. The Morgan fingerprint density at radius 3 is 2.48 bits per heavy atom. The van der Waals surface area contributed by atoms with Crippen LogP contribution in [0.3, 0.4) is 0 Å². The van der Waals surface area contributed by atoms with Crippen LogP contribution in [0.1, 0.15) is 22.8 Å². The number of para-hydroxylation sites is 1. The van der Waals surface area contributed by atoms with Crippen molar-refractivity contribution in [2.75, 3.05) is 6.61 Å². The molecule has 4 rings (SSSR count). The van der Waals surface area contributed by atoms with Gasteiger partial charge < -0.3 is 4.74 Å². The van der Waals surface area contributed by atoms with Gasteiger partial charge in [-0.15, -0.1) is 0 Å². The fourth-order valence-electron chi connectivity index (χ4n) is 3.03. The van der Waals surface area contributed by atoms with Crippen molar-refractivity contribution in [1.29, 1.82) is 0 Å². The van der Waals surface area contributed by atoms with Crippen LogP contribution < -0.4 is 0 Å². The van der Waals surface area contributed by atoms with E-state index in [9.17, 15) is 13.6 Å². The number of halogens is 2. The Morgan fingerprint density at radius 1 is 1.03 bits per heavy atom. The van der Waals surface area contributed by atoms with Gasteiger partial charge in [0, 0.05) is 23.3 Å². The van der Waals surface area contributed by atoms with E-state index in [2.05, 4.69) is 15.1 Å². The van der Waals surface area contributed by atoms with Gasteiger partial charge in [0.05, 0.1) is 18.7 Å². The van der Waals surface area contributed by atoms with Gasteiger partial charge in [-0.1, -0.05) is 30.3 Å². The van der Waals surface area contributed by atoms with Gasteiger partial charge in [0.15, 0.2) is 5.82 Å². The number of esters is 1. The fourth-order valence-corrected chi connectivity index (χ4v) is 3.03. The van der Waals surface area contributed by atoms with Gasteiger partial charge in [-0.2, -0.15) is 5.10 Å². The first-order valence-corrected chi connectivity index (χ1v) is 8.96. The molecule has 0 N–H and O–H groups in total. The van der Waals surface area contributed by atoms with Crippen LogP contribution in [0.15, 0.2) is 54.9 Å². The molecule has 146 valence electrons. The molecule has 2 aromatic heterocycles. The van der Waals surface area contributed by atoms with Crippen LogP contribution in [-0.2, 0) is 11.3 Å². The van der Waals surface area contributed by atoms with Gasteiger partial charge in [0.25, 0.3) is 0 Å². The predicted molar refractivity (Wildman–Crippen MR) is 102 cm³/mol. The predicted octanol–water partition coefficient (Wildman–Crippen LogP) is 4.00. The van der Waals surface area contributed by atoms with Gasteiger partial charge >= 0.3 is 5.97 Å². The van der Waals surface area contributed by atoms with E-state index in [4.69, 9.17) is 4.74 Å². The maximum absolute atomic E-state index is 14.6. The van der Waals surface area contributed by atoms with Crippen LogP contribution in [0.5, 0.6) is 0 Å². The molecule has 2 heterocycles. The zero-order chi connectivity index (χ0) is 20.4. The maximum atomic E-state index is 14.6. The molecular formula is C21H16F2N4O2. The summed E-state index contributed by atoms with van der Waals surface area (Å²) in [7, 11) is 0. The van der Waals surface area contributed by atoms with Crippen LogP contribution in [0.25, 0.3) is 22.4 Å². The maximum Gasteiger partial charge on any atom is 0.341 e. The minimum atomic E-state index is -0.528. The molecular weight excluding hydrogens is 378 g/mol. The molecule has 0 atom stereocenters. The Kier molecular flexibility index (Phi) is 4.99. The minimum Gasteiger partial charge on any atom is -0.462 e. The van der Waals surface area contributed by atoms with E-state index in [1.807, 2.05) is 0 Å². The van der Waals surface area contributed by atoms with Crippen molar-refractivity contribution in [1.82, 2.24) is 19.7 Å².